The predicted octanol–water partition coefficient (Wildman–Crippen LogP) is -1.66. The largest absolute Gasteiger partial charge is 0.394 e. The van der Waals surface area contributed by atoms with Crippen LogP contribution in [0.5, 0.6) is 0 Å². The van der Waals surface area contributed by atoms with Gasteiger partial charge in [0.05, 0.1) is 19.0 Å². The third-order valence-electron chi connectivity index (χ3n) is 3.17. The Morgan fingerprint density at radius 1 is 1.63 bits per heavy atom. The summed E-state index contributed by atoms with van der Waals surface area (Å²) in [6, 6.07) is 0. The monoisotopic (exact) mass is 267 g/mol. The standard InChI is InChI=1S/C10H13N5O4/c11-8-7-9(14-10(18)13-8)12-3-15(7)6-1-4(17)5(2-16)19-6/h3-6,16-17H,1-2H2,(H3,11,13,14,18)/t4-,5+,6-/m0/s1. The van der Waals surface area contributed by atoms with Crippen LogP contribution in [0.1, 0.15) is 12.6 Å². The molecular formula is C10H13N5O4. The van der Waals surface area contributed by atoms with Crippen LogP contribution in [0.4, 0.5) is 5.82 Å². The third kappa shape index (κ3) is 1.87. The Balaban J connectivity index is 2.05. The molecule has 0 radical (unpaired) electrons. The fourth-order valence-electron chi connectivity index (χ4n) is 2.26. The number of aliphatic hydroxyl groups is 2. The molecule has 102 valence electrons. The number of aromatic amines is 1. The van der Waals surface area contributed by atoms with Gasteiger partial charge in [-0.3, -0.25) is 9.55 Å². The summed E-state index contributed by atoms with van der Waals surface area (Å²) in [6.45, 7) is -0.269. The molecule has 0 saturated carbocycles. The van der Waals surface area contributed by atoms with Crippen molar-refractivity contribution in [1.29, 1.82) is 0 Å². The SMILES string of the molecule is Nc1[nH]c(=O)nc2ncn([C@@H]3C[C@H](O)[C@@H](CO)O3)c12. The Morgan fingerprint density at radius 2 is 2.42 bits per heavy atom. The van der Waals surface area contributed by atoms with E-state index in [4.69, 9.17) is 15.6 Å². The number of nitrogens with zero attached hydrogens (tertiary/aromatic N) is 3. The van der Waals surface area contributed by atoms with Crippen LogP contribution in [0.2, 0.25) is 0 Å². The van der Waals surface area contributed by atoms with Gasteiger partial charge in [0, 0.05) is 6.42 Å². The van der Waals surface area contributed by atoms with Crippen molar-refractivity contribution in [2.45, 2.75) is 24.9 Å². The summed E-state index contributed by atoms with van der Waals surface area (Å²) in [5.74, 6) is 0.137. The summed E-state index contributed by atoms with van der Waals surface area (Å²) >= 11 is 0. The molecule has 2 aromatic heterocycles. The minimum atomic E-state index is -0.760. The first-order valence-corrected chi connectivity index (χ1v) is 5.77. The van der Waals surface area contributed by atoms with Gasteiger partial charge in [0.25, 0.3) is 0 Å². The molecule has 0 aromatic carbocycles. The number of imidazole rings is 1. The molecule has 0 amide bonds. The van der Waals surface area contributed by atoms with Gasteiger partial charge in [-0.15, -0.1) is 0 Å². The maximum Gasteiger partial charge on any atom is 0.348 e. The molecule has 0 spiro atoms. The number of ether oxygens (including phenoxy) is 1. The Morgan fingerprint density at radius 3 is 3.11 bits per heavy atom. The molecule has 1 aliphatic heterocycles. The van der Waals surface area contributed by atoms with Gasteiger partial charge in [-0.1, -0.05) is 0 Å². The van der Waals surface area contributed by atoms with Gasteiger partial charge in [0.2, 0.25) is 0 Å². The average molecular weight is 267 g/mol. The summed E-state index contributed by atoms with van der Waals surface area (Å²) < 4.78 is 7.10. The van der Waals surface area contributed by atoms with Crippen LogP contribution in [0.25, 0.3) is 11.2 Å². The van der Waals surface area contributed by atoms with E-state index in [1.54, 1.807) is 4.57 Å². The van der Waals surface area contributed by atoms with Gasteiger partial charge in [-0.05, 0) is 0 Å². The molecule has 3 heterocycles. The maximum atomic E-state index is 11.2. The Kier molecular flexibility index (Phi) is 2.73. The molecule has 19 heavy (non-hydrogen) atoms. The number of aliphatic hydroxyl groups excluding tert-OH is 2. The predicted molar refractivity (Wildman–Crippen MR) is 64.2 cm³/mol. The molecule has 0 bridgehead atoms. The highest BCUT2D eigenvalue weighted by Crippen LogP contribution is 2.31. The highest BCUT2D eigenvalue weighted by molar-refractivity contribution is 5.81. The fraction of sp³-hybridized carbons (Fsp3) is 0.500. The summed E-state index contributed by atoms with van der Waals surface area (Å²) in [6.07, 6.45) is -0.163. The normalized spacial score (nSPS) is 27.2. The fourth-order valence-corrected chi connectivity index (χ4v) is 2.26. The minimum absolute atomic E-state index is 0.137. The molecule has 1 fully saturated rings. The van der Waals surface area contributed by atoms with Crippen LogP contribution in [0.15, 0.2) is 11.1 Å². The second kappa shape index (κ2) is 4.30. The zero-order valence-corrected chi connectivity index (χ0v) is 9.85. The second-order valence-corrected chi connectivity index (χ2v) is 4.39. The molecule has 3 rings (SSSR count). The van der Waals surface area contributed by atoms with E-state index in [9.17, 15) is 9.90 Å². The van der Waals surface area contributed by atoms with E-state index in [0.29, 0.717) is 11.9 Å². The Bertz CT molecular complexity index is 665. The molecule has 2 aromatic rings. The highest BCUT2D eigenvalue weighted by atomic mass is 16.5. The molecule has 0 unspecified atom stereocenters. The molecule has 0 aliphatic carbocycles. The topological polar surface area (TPSA) is 139 Å². The number of nitrogen functional groups attached to an aromatic ring is 1. The van der Waals surface area contributed by atoms with Crippen LogP contribution in [-0.2, 0) is 4.74 Å². The lowest BCUT2D eigenvalue weighted by Crippen LogP contribution is -2.24. The third-order valence-corrected chi connectivity index (χ3v) is 3.17. The zero-order valence-electron chi connectivity index (χ0n) is 9.85. The lowest BCUT2D eigenvalue weighted by molar-refractivity contribution is -0.0430. The van der Waals surface area contributed by atoms with Crippen molar-refractivity contribution < 1.29 is 14.9 Å². The van der Waals surface area contributed by atoms with E-state index in [-0.39, 0.29) is 18.1 Å². The highest BCUT2D eigenvalue weighted by Gasteiger charge is 2.35. The molecule has 3 atom stereocenters. The maximum absolute atomic E-state index is 11.2. The van der Waals surface area contributed by atoms with Crippen LogP contribution >= 0.6 is 0 Å². The van der Waals surface area contributed by atoms with Crippen LogP contribution in [0, 0.1) is 0 Å². The van der Waals surface area contributed by atoms with E-state index in [1.807, 2.05) is 0 Å². The molecule has 5 N–H and O–H groups in total. The number of nitrogens with two attached hydrogens (primary N) is 1. The van der Waals surface area contributed by atoms with Crippen molar-refractivity contribution in [2.75, 3.05) is 12.3 Å². The smallest absolute Gasteiger partial charge is 0.348 e. The lowest BCUT2D eigenvalue weighted by atomic mass is 10.2. The second-order valence-electron chi connectivity index (χ2n) is 4.39. The first-order valence-electron chi connectivity index (χ1n) is 5.77. The number of fused-ring (bicyclic) bond motifs is 1. The number of hydrogen-bond donors (Lipinski definition) is 4. The number of aromatic nitrogens is 4. The first-order chi connectivity index (χ1) is 9.10. The molecular weight excluding hydrogens is 254 g/mol. The zero-order chi connectivity index (χ0) is 13.6. The lowest BCUT2D eigenvalue weighted by Gasteiger charge is -2.14. The van der Waals surface area contributed by atoms with Crippen molar-refractivity contribution in [1.82, 2.24) is 19.5 Å². The Labute approximate surface area is 106 Å². The number of H-pyrrole nitrogens is 1. The summed E-state index contributed by atoms with van der Waals surface area (Å²) in [4.78, 5) is 21.3. The quantitative estimate of drug-likeness (QED) is 0.510. The van der Waals surface area contributed by atoms with Gasteiger partial charge >= 0.3 is 5.69 Å². The average Bonchev–Trinajstić information content (AvgIpc) is 2.92. The summed E-state index contributed by atoms with van der Waals surface area (Å²) in [5.41, 5.74) is 5.83. The van der Waals surface area contributed by atoms with Crippen molar-refractivity contribution in [3.63, 3.8) is 0 Å². The number of rotatable bonds is 2. The van der Waals surface area contributed by atoms with E-state index >= 15 is 0 Å². The van der Waals surface area contributed by atoms with Gasteiger partial charge < -0.3 is 20.7 Å². The molecule has 1 aliphatic rings. The van der Waals surface area contributed by atoms with Crippen LogP contribution in [-0.4, -0.2) is 48.5 Å². The van der Waals surface area contributed by atoms with Gasteiger partial charge in [0.15, 0.2) is 5.65 Å². The van der Waals surface area contributed by atoms with Gasteiger partial charge in [-0.25, -0.2) is 9.78 Å². The van der Waals surface area contributed by atoms with Crippen LogP contribution in [0.3, 0.4) is 0 Å². The molecule has 1 saturated heterocycles. The van der Waals surface area contributed by atoms with E-state index in [0.717, 1.165) is 0 Å². The van der Waals surface area contributed by atoms with E-state index < -0.39 is 24.1 Å². The Hall–Kier alpha value is -1.97. The van der Waals surface area contributed by atoms with E-state index in [2.05, 4.69) is 15.0 Å². The van der Waals surface area contributed by atoms with Crippen molar-refractivity contribution in [2.24, 2.45) is 0 Å². The minimum Gasteiger partial charge on any atom is -0.394 e. The number of nitrogens with one attached hydrogen (secondary N) is 1. The first kappa shape index (κ1) is 12.1. The molecule has 9 nitrogen and oxygen atoms in total. The van der Waals surface area contributed by atoms with Crippen molar-refractivity contribution in [3.8, 4) is 0 Å². The summed E-state index contributed by atoms with van der Waals surface area (Å²) in [7, 11) is 0. The van der Waals surface area contributed by atoms with E-state index in [1.165, 1.54) is 6.33 Å². The van der Waals surface area contributed by atoms with Gasteiger partial charge in [0.1, 0.15) is 23.7 Å². The molecule has 9 heteroatoms. The van der Waals surface area contributed by atoms with Crippen molar-refractivity contribution in [3.05, 3.63) is 16.8 Å². The number of hydrogen-bond acceptors (Lipinski definition) is 7. The summed E-state index contributed by atoms with van der Waals surface area (Å²) in [5, 5.41) is 18.8. The number of anilines is 1. The van der Waals surface area contributed by atoms with Gasteiger partial charge in [-0.2, -0.15) is 4.98 Å². The van der Waals surface area contributed by atoms with Crippen LogP contribution < -0.4 is 11.4 Å². The van der Waals surface area contributed by atoms with Crippen molar-refractivity contribution >= 4 is 17.0 Å².